The van der Waals surface area contributed by atoms with Crippen molar-refractivity contribution in [2.24, 2.45) is 0 Å². The summed E-state index contributed by atoms with van der Waals surface area (Å²) in [6.07, 6.45) is 0. The molecule has 0 aliphatic heterocycles. The van der Waals surface area contributed by atoms with Gasteiger partial charge >= 0.3 is 29.6 Å². The molecule has 3 heterocycles. The molecule has 0 aliphatic rings. The molecule has 0 spiro atoms. The quantitative estimate of drug-likeness (QED) is 0.0758. The number of hydrogen-bond acceptors (Lipinski definition) is 14. The second kappa shape index (κ2) is 18.5. The smallest absolute Gasteiger partial charge is 1.00 e. The molecule has 3 aromatic rings. The summed E-state index contributed by atoms with van der Waals surface area (Å²) in [4.78, 5) is 0. The summed E-state index contributed by atoms with van der Waals surface area (Å²) in [6.45, 7) is 0. The molecule has 0 amide bonds. The summed E-state index contributed by atoms with van der Waals surface area (Å²) >= 11 is 19.4. The Morgan fingerprint density at radius 2 is 1.48 bits per heavy atom. The fraction of sp³-hybridized carbons (Fsp3) is 0.250. The second-order valence-corrected chi connectivity index (χ2v) is 11.8. The predicted molar refractivity (Wildman–Crippen MR) is 122 cm³/mol. The van der Waals surface area contributed by atoms with Crippen molar-refractivity contribution in [1.82, 2.24) is 30.6 Å². The Hall–Kier alpha value is 1.75. The van der Waals surface area contributed by atoms with Crippen LogP contribution in [0.2, 0.25) is 0 Å². The number of hydrogen-bond donors (Lipinski definition) is 4. The third kappa shape index (κ3) is 15.2. The maximum absolute atomic E-state index is 5.41. The number of aromatic amines is 1. The Morgan fingerprint density at radius 3 is 1.74 bits per heavy atom. The first kappa shape index (κ1) is 30.9. The molecule has 0 aliphatic carbocycles. The van der Waals surface area contributed by atoms with Gasteiger partial charge in [-0.05, 0) is 12.2 Å². The third-order valence-electron chi connectivity index (χ3n) is 1.65. The van der Waals surface area contributed by atoms with E-state index in [4.69, 9.17) is 28.8 Å². The molecule has 0 saturated heterocycles. The van der Waals surface area contributed by atoms with Gasteiger partial charge in [-0.2, -0.15) is 0 Å². The van der Waals surface area contributed by atoms with E-state index in [0.717, 1.165) is 12.4 Å². The Labute approximate surface area is 238 Å². The van der Waals surface area contributed by atoms with E-state index in [0.29, 0.717) is 24.6 Å². The average Bonchev–Trinajstić information content (AvgIpc) is 3.25. The molecular formula is C8H11ClI2N9NaS6. The van der Waals surface area contributed by atoms with E-state index in [9.17, 15) is 0 Å². The van der Waals surface area contributed by atoms with Gasteiger partial charge in [0.25, 0.3) is 0 Å². The van der Waals surface area contributed by atoms with Crippen LogP contribution in [0.4, 0.5) is 15.4 Å². The molecule has 0 radical (unpaired) electrons. The van der Waals surface area contributed by atoms with Crippen molar-refractivity contribution in [3.63, 3.8) is 0 Å². The summed E-state index contributed by atoms with van der Waals surface area (Å²) in [5.74, 6) is 0. The minimum atomic E-state index is 0. The van der Waals surface area contributed by atoms with Crippen LogP contribution in [0.3, 0.4) is 0 Å². The van der Waals surface area contributed by atoms with Gasteiger partial charge in [-0.1, -0.05) is 80.1 Å². The topological polar surface area (TPSA) is 158 Å². The van der Waals surface area contributed by atoms with E-state index in [1.807, 2.05) is 0 Å². The monoisotopic (exact) mass is 737 g/mol. The molecule has 0 aromatic carbocycles. The van der Waals surface area contributed by atoms with Crippen molar-refractivity contribution >= 4 is 119 Å². The van der Waals surface area contributed by atoms with Crippen LogP contribution in [0.25, 0.3) is 0 Å². The van der Waals surface area contributed by atoms with Crippen LogP contribution >= 0.6 is 104 Å². The van der Waals surface area contributed by atoms with Gasteiger partial charge in [0.15, 0.2) is 12.6 Å². The van der Waals surface area contributed by atoms with Gasteiger partial charge in [-0.3, -0.25) is 5.10 Å². The zero-order valence-corrected chi connectivity index (χ0v) is 25.4. The summed E-state index contributed by atoms with van der Waals surface area (Å²) in [5, 5.41) is 22.9. The van der Waals surface area contributed by atoms with Gasteiger partial charge in [0, 0.05) is 0 Å². The molecular weight excluding hydrogens is 727 g/mol. The number of halogens is 3. The number of nitrogens with one attached hydrogen (secondary N) is 1. The fourth-order valence-corrected chi connectivity index (χ4v) is 5.99. The van der Waals surface area contributed by atoms with Crippen molar-refractivity contribution in [2.75, 3.05) is 26.2 Å². The number of thioether (sulfide) groups is 2. The van der Waals surface area contributed by atoms with Crippen LogP contribution in [0.1, 0.15) is 0 Å². The van der Waals surface area contributed by atoms with E-state index >= 15 is 0 Å². The van der Waals surface area contributed by atoms with Gasteiger partial charge < -0.3 is 41.2 Å². The number of nitrogens with two attached hydrogens (primary N) is 3. The molecule has 0 atom stereocenters. The first-order chi connectivity index (χ1) is 11.9. The SMILES string of the molecule is Nc1n[nH]c(=S)s1.Nc1nnc(SCCl)s1.Nc1nnc(SCI)s1.[I-].[Na+]. The van der Waals surface area contributed by atoms with E-state index in [1.54, 1.807) is 11.8 Å². The minimum Gasteiger partial charge on any atom is -1.00 e. The van der Waals surface area contributed by atoms with Crippen LogP contribution < -0.4 is 70.7 Å². The maximum Gasteiger partial charge on any atom is 1.00 e. The van der Waals surface area contributed by atoms with Gasteiger partial charge in [-0.25, -0.2) is 0 Å². The zero-order chi connectivity index (χ0) is 18.7. The summed E-state index contributed by atoms with van der Waals surface area (Å²) in [7, 11) is 0. The maximum atomic E-state index is 5.41. The first-order valence-electron chi connectivity index (χ1n) is 5.81. The van der Waals surface area contributed by atoms with E-state index in [2.05, 4.69) is 65.4 Å². The normalized spacial score (nSPS) is 8.96. The van der Waals surface area contributed by atoms with Crippen LogP contribution in [0.15, 0.2) is 8.68 Å². The van der Waals surface area contributed by atoms with Gasteiger partial charge in [0.2, 0.25) is 15.4 Å². The number of aromatic nitrogens is 6. The standard InChI is InChI=1S/C3H4ClN3S2.C3H4IN3S2.C2H3N3S2.HI.Na/c2*4-1-8-3-7-6-2(5)9-3;3-1-4-5-2(6)7-1;;/h2*1H2,(H2,5,6);(H2,3,4)(H,5,6);1H;/q;;;;+1/p-1. The molecule has 0 fully saturated rings. The molecule has 0 unspecified atom stereocenters. The van der Waals surface area contributed by atoms with Crippen LogP contribution in [-0.2, 0) is 0 Å². The number of H-pyrrole nitrogens is 1. The molecule has 3 aromatic heterocycles. The molecule has 146 valence electrons. The summed E-state index contributed by atoms with van der Waals surface area (Å²) < 4.78 is 3.38. The Kier molecular flexibility index (Phi) is 21.2. The van der Waals surface area contributed by atoms with Crippen LogP contribution in [-0.4, -0.2) is 39.6 Å². The largest absolute Gasteiger partial charge is 1.00 e. The predicted octanol–water partition coefficient (Wildman–Crippen LogP) is -2.20. The van der Waals surface area contributed by atoms with Gasteiger partial charge in [0.1, 0.15) is 0 Å². The number of alkyl halides is 2. The first-order valence-corrected chi connectivity index (χ1v) is 12.7. The molecule has 9 nitrogen and oxygen atoms in total. The Balaban J connectivity index is 0. The van der Waals surface area contributed by atoms with E-state index < -0.39 is 0 Å². The van der Waals surface area contributed by atoms with E-state index in [-0.39, 0.29) is 53.5 Å². The van der Waals surface area contributed by atoms with Crippen molar-refractivity contribution in [2.45, 2.75) is 8.68 Å². The molecule has 19 heteroatoms. The molecule has 7 N–H and O–H groups in total. The summed E-state index contributed by atoms with van der Waals surface area (Å²) in [5.41, 5.74) is 15.8. The number of anilines is 3. The van der Waals surface area contributed by atoms with E-state index in [1.165, 1.54) is 45.8 Å². The molecule has 3 rings (SSSR count). The average molecular weight is 738 g/mol. The Morgan fingerprint density at radius 1 is 0.963 bits per heavy atom. The zero-order valence-electron chi connectivity index (χ0n) is 13.5. The fourth-order valence-electron chi connectivity index (χ4n) is 0.892. The summed E-state index contributed by atoms with van der Waals surface area (Å²) in [6, 6.07) is 0. The second-order valence-electron chi connectivity index (χ2n) is 3.27. The number of rotatable bonds is 4. The van der Waals surface area contributed by atoms with Gasteiger partial charge in [0.05, 0.1) is 8.97 Å². The Bertz CT molecular complexity index is 755. The van der Waals surface area contributed by atoms with Crippen molar-refractivity contribution < 1.29 is 53.5 Å². The molecule has 27 heavy (non-hydrogen) atoms. The third-order valence-corrected chi connectivity index (χ3v) is 7.01. The molecule has 0 bridgehead atoms. The van der Waals surface area contributed by atoms with Crippen LogP contribution in [0.5, 0.6) is 0 Å². The van der Waals surface area contributed by atoms with Crippen LogP contribution in [0, 0.1) is 3.95 Å². The van der Waals surface area contributed by atoms with Gasteiger partial charge in [-0.15, -0.1) is 37.1 Å². The van der Waals surface area contributed by atoms with Crippen molar-refractivity contribution in [1.29, 1.82) is 0 Å². The number of nitrogens with zero attached hydrogens (tertiary/aromatic N) is 5. The van der Waals surface area contributed by atoms with Crippen molar-refractivity contribution in [3.05, 3.63) is 3.95 Å². The molecule has 0 saturated carbocycles. The minimum absolute atomic E-state index is 0. The van der Waals surface area contributed by atoms with Crippen molar-refractivity contribution in [3.8, 4) is 0 Å². The number of nitrogen functional groups attached to an aromatic ring is 3.